The molecule has 0 aromatic heterocycles. The molecule has 0 atom stereocenters. The maximum atomic E-state index is 12.0. The summed E-state index contributed by atoms with van der Waals surface area (Å²) in [7, 11) is 0. The number of aliphatic hydroxyl groups is 1. The molecule has 0 unspecified atom stereocenters. The van der Waals surface area contributed by atoms with Crippen molar-refractivity contribution in [2.45, 2.75) is 31.7 Å². The highest BCUT2D eigenvalue weighted by molar-refractivity contribution is 5.88. The van der Waals surface area contributed by atoms with Gasteiger partial charge < -0.3 is 20.5 Å². The van der Waals surface area contributed by atoms with Crippen LogP contribution in [0.1, 0.15) is 25.7 Å². The second kappa shape index (κ2) is 8.72. The number of benzene rings is 2. The third kappa shape index (κ3) is 4.86. The molecule has 0 radical (unpaired) electrons. The summed E-state index contributed by atoms with van der Waals surface area (Å²) in [6, 6.07) is 14.1. The summed E-state index contributed by atoms with van der Waals surface area (Å²) in [5.74, 6) is 1.23. The summed E-state index contributed by atoms with van der Waals surface area (Å²) in [4.78, 5) is 12.0. The zero-order valence-electron chi connectivity index (χ0n) is 14.4. The Hall–Kier alpha value is -2.27. The number of carbonyl (C=O) groups excluding carboxylic acids is 1. The minimum atomic E-state index is -0.144. The topological polar surface area (TPSA) is 70.6 Å². The summed E-state index contributed by atoms with van der Waals surface area (Å²) in [5.41, 5.74) is 0. The van der Waals surface area contributed by atoms with Crippen molar-refractivity contribution in [1.29, 1.82) is 0 Å². The van der Waals surface area contributed by atoms with Crippen LogP contribution in [-0.2, 0) is 0 Å². The second-order valence-corrected chi connectivity index (χ2v) is 6.63. The van der Waals surface area contributed by atoms with Crippen LogP contribution in [0.15, 0.2) is 42.5 Å². The Bertz CT molecular complexity index is 691. The molecule has 0 bridgehead atoms. The van der Waals surface area contributed by atoms with Gasteiger partial charge >= 0.3 is 6.03 Å². The van der Waals surface area contributed by atoms with E-state index in [1.165, 1.54) is 0 Å². The monoisotopic (exact) mass is 342 g/mol. The molecule has 1 saturated carbocycles. The summed E-state index contributed by atoms with van der Waals surface area (Å²) in [5, 5.41) is 17.2. The Balaban J connectivity index is 1.39. The van der Waals surface area contributed by atoms with E-state index in [9.17, 15) is 4.79 Å². The van der Waals surface area contributed by atoms with E-state index in [0.717, 1.165) is 42.2 Å². The van der Waals surface area contributed by atoms with Crippen LogP contribution in [0.2, 0.25) is 0 Å². The number of carbonyl (C=O) groups is 1. The number of rotatable bonds is 6. The fraction of sp³-hybridized carbons (Fsp3) is 0.450. The van der Waals surface area contributed by atoms with Gasteiger partial charge in [-0.15, -0.1) is 0 Å². The van der Waals surface area contributed by atoms with Gasteiger partial charge in [0.2, 0.25) is 0 Å². The van der Waals surface area contributed by atoms with Crippen LogP contribution in [0.5, 0.6) is 5.75 Å². The molecule has 1 aliphatic rings. The molecule has 3 N–H and O–H groups in total. The molecule has 2 aromatic carbocycles. The largest absolute Gasteiger partial charge is 0.491 e. The van der Waals surface area contributed by atoms with Crippen LogP contribution in [0.4, 0.5) is 4.79 Å². The van der Waals surface area contributed by atoms with Gasteiger partial charge in [-0.2, -0.15) is 0 Å². The molecule has 0 spiro atoms. The van der Waals surface area contributed by atoms with E-state index in [2.05, 4.69) is 22.8 Å². The SMILES string of the molecule is O=C(NCCOc1cccc2ccccc12)NC1CCC(CO)CC1. The smallest absolute Gasteiger partial charge is 0.315 e. The summed E-state index contributed by atoms with van der Waals surface area (Å²) in [6.45, 7) is 1.14. The van der Waals surface area contributed by atoms with Gasteiger partial charge in [-0.1, -0.05) is 36.4 Å². The quantitative estimate of drug-likeness (QED) is 0.707. The molecular formula is C20H26N2O3. The number of hydrogen-bond acceptors (Lipinski definition) is 3. The molecule has 134 valence electrons. The number of amides is 2. The Labute approximate surface area is 148 Å². The highest BCUT2D eigenvalue weighted by atomic mass is 16.5. The first-order valence-corrected chi connectivity index (χ1v) is 9.02. The van der Waals surface area contributed by atoms with Gasteiger partial charge in [-0.3, -0.25) is 0 Å². The van der Waals surface area contributed by atoms with Crippen LogP contribution in [-0.4, -0.2) is 36.9 Å². The molecule has 1 fully saturated rings. The number of nitrogens with one attached hydrogen (secondary N) is 2. The minimum Gasteiger partial charge on any atom is -0.491 e. The maximum Gasteiger partial charge on any atom is 0.315 e. The number of hydrogen-bond donors (Lipinski definition) is 3. The van der Waals surface area contributed by atoms with Crippen molar-refractivity contribution in [2.24, 2.45) is 5.92 Å². The van der Waals surface area contributed by atoms with E-state index >= 15 is 0 Å². The molecular weight excluding hydrogens is 316 g/mol. The lowest BCUT2D eigenvalue weighted by Crippen LogP contribution is -2.44. The Morgan fingerprint density at radius 1 is 1.08 bits per heavy atom. The number of urea groups is 1. The molecule has 0 aliphatic heterocycles. The molecule has 25 heavy (non-hydrogen) atoms. The van der Waals surface area contributed by atoms with Crippen molar-refractivity contribution >= 4 is 16.8 Å². The first-order valence-electron chi connectivity index (χ1n) is 9.02. The summed E-state index contributed by atoms with van der Waals surface area (Å²) < 4.78 is 5.82. The molecule has 1 aliphatic carbocycles. The Kier molecular flexibility index (Phi) is 6.12. The molecule has 5 nitrogen and oxygen atoms in total. The van der Waals surface area contributed by atoms with Crippen LogP contribution in [0, 0.1) is 5.92 Å². The van der Waals surface area contributed by atoms with Crippen molar-refractivity contribution in [3.63, 3.8) is 0 Å². The highest BCUT2D eigenvalue weighted by Crippen LogP contribution is 2.25. The third-order valence-electron chi connectivity index (χ3n) is 4.83. The first kappa shape index (κ1) is 17.5. The minimum absolute atomic E-state index is 0.144. The molecule has 3 rings (SSSR count). The van der Waals surface area contributed by atoms with E-state index in [0.29, 0.717) is 19.1 Å². The van der Waals surface area contributed by atoms with Crippen LogP contribution >= 0.6 is 0 Å². The number of ether oxygens (including phenoxy) is 1. The normalized spacial score (nSPS) is 20.2. The maximum absolute atomic E-state index is 12.0. The Morgan fingerprint density at radius 2 is 1.84 bits per heavy atom. The average Bonchev–Trinajstić information content (AvgIpc) is 2.66. The number of fused-ring (bicyclic) bond motifs is 1. The standard InChI is InChI=1S/C20H26N2O3/c23-14-15-8-10-17(11-9-15)22-20(24)21-12-13-25-19-7-3-5-16-4-1-2-6-18(16)19/h1-7,15,17,23H,8-14H2,(H2,21,22,24). The molecule has 2 aromatic rings. The van der Waals surface area contributed by atoms with E-state index in [1.54, 1.807) is 0 Å². The lowest BCUT2D eigenvalue weighted by molar-refractivity contribution is 0.174. The van der Waals surface area contributed by atoms with Gasteiger partial charge in [-0.05, 0) is 43.1 Å². The second-order valence-electron chi connectivity index (χ2n) is 6.63. The van der Waals surface area contributed by atoms with Gasteiger partial charge in [0.1, 0.15) is 12.4 Å². The van der Waals surface area contributed by atoms with Crippen molar-refractivity contribution < 1.29 is 14.6 Å². The van der Waals surface area contributed by atoms with E-state index in [4.69, 9.17) is 9.84 Å². The van der Waals surface area contributed by atoms with E-state index in [-0.39, 0.29) is 18.7 Å². The van der Waals surface area contributed by atoms with E-state index < -0.39 is 0 Å². The summed E-state index contributed by atoms with van der Waals surface area (Å²) in [6.07, 6.45) is 3.83. The molecule has 0 saturated heterocycles. The fourth-order valence-corrected chi connectivity index (χ4v) is 3.37. The predicted molar refractivity (Wildman–Crippen MR) is 98.8 cm³/mol. The van der Waals surface area contributed by atoms with Gasteiger partial charge in [-0.25, -0.2) is 4.79 Å². The zero-order chi connectivity index (χ0) is 17.5. The molecule has 2 amide bonds. The Morgan fingerprint density at radius 3 is 2.64 bits per heavy atom. The van der Waals surface area contributed by atoms with Crippen LogP contribution in [0.3, 0.4) is 0 Å². The lowest BCUT2D eigenvalue weighted by Gasteiger charge is -2.27. The third-order valence-corrected chi connectivity index (χ3v) is 4.83. The van der Waals surface area contributed by atoms with Gasteiger partial charge in [0.15, 0.2) is 0 Å². The van der Waals surface area contributed by atoms with Gasteiger partial charge in [0, 0.05) is 18.0 Å². The molecule has 0 heterocycles. The van der Waals surface area contributed by atoms with Gasteiger partial charge in [0.05, 0.1) is 6.54 Å². The predicted octanol–water partition coefficient (Wildman–Crippen LogP) is 3.07. The number of aliphatic hydroxyl groups excluding tert-OH is 1. The van der Waals surface area contributed by atoms with Gasteiger partial charge in [0.25, 0.3) is 0 Å². The fourth-order valence-electron chi connectivity index (χ4n) is 3.37. The van der Waals surface area contributed by atoms with Crippen LogP contribution in [0.25, 0.3) is 10.8 Å². The van der Waals surface area contributed by atoms with E-state index in [1.807, 2.05) is 30.3 Å². The molecule has 5 heteroatoms. The van der Waals surface area contributed by atoms with Crippen molar-refractivity contribution in [2.75, 3.05) is 19.8 Å². The van der Waals surface area contributed by atoms with Crippen molar-refractivity contribution in [3.05, 3.63) is 42.5 Å². The van der Waals surface area contributed by atoms with Crippen molar-refractivity contribution in [1.82, 2.24) is 10.6 Å². The lowest BCUT2D eigenvalue weighted by atomic mass is 9.87. The summed E-state index contributed by atoms with van der Waals surface area (Å²) >= 11 is 0. The highest BCUT2D eigenvalue weighted by Gasteiger charge is 2.21. The first-order chi connectivity index (χ1) is 12.3. The zero-order valence-corrected chi connectivity index (χ0v) is 14.4. The van der Waals surface area contributed by atoms with Crippen molar-refractivity contribution in [3.8, 4) is 5.75 Å². The van der Waals surface area contributed by atoms with Crippen LogP contribution < -0.4 is 15.4 Å². The average molecular weight is 342 g/mol.